The van der Waals surface area contributed by atoms with E-state index in [1.807, 2.05) is 12.1 Å². The lowest BCUT2D eigenvalue weighted by atomic mass is 10.1. The van der Waals surface area contributed by atoms with E-state index in [0.29, 0.717) is 25.8 Å². The number of aromatic nitrogens is 1. The molecule has 0 unspecified atom stereocenters. The highest BCUT2D eigenvalue weighted by atomic mass is 16.4. The summed E-state index contributed by atoms with van der Waals surface area (Å²) in [5.74, 6) is -0.830. The average molecular weight is 263 g/mol. The van der Waals surface area contributed by atoms with Gasteiger partial charge in [-0.05, 0) is 30.9 Å². The number of nitrogens with zero attached hydrogens (tertiary/aromatic N) is 1. The molecule has 0 bridgehead atoms. The second kappa shape index (κ2) is 5.69. The molecule has 6 nitrogen and oxygen atoms in total. The Kier molecular flexibility index (Phi) is 3.99. The second-order valence-corrected chi connectivity index (χ2v) is 4.81. The van der Waals surface area contributed by atoms with Crippen LogP contribution in [0.2, 0.25) is 0 Å². The fourth-order valence-corrected chi connectivity index (χ4v) is 1.80. The van der Waals surface area contributed by atoms with Crippen LogP contribution in [0.15, 0.2) is 24.5 Å². The Balaban J connectivity index is 1.64. The summed E-state index contributed by atoms with van der Waals surface area (Å²) in [5.41, 5.74) is 0.327. The highest BCUT2D eigenvalue weighted by molar-refractivity contribution is 5.80. The van der Waals surface area contributed by atoms with Crippen LogP contribution in [0, 0.1) is 5.41 Å². The molecule has 2 rings (SSSR count). The minimum absolute atomic E-state index is 0.195. The first kappa shape index (κ1) is 13.3. The minimum Gasteiger partial charge on any atom is -0.481 e. The van der Waals surface area contributed by atoms with Crippen molar-refractivity contribution < 1.29 is 14.7 Å². The molecule has 0 saturated heterocycles. The van der Waals surface area contributed by atoms with Gasteiger partial charge in [0, 0.05) is 25.5 Å². The molecule has 102 valence electrons. The molecule has 3 N–H and O–H groups in total. The summed E-state index contributed by atoms with van der Waals surface area (Å²) in [6.07, 6.45) is 5.43. The van der Waals surface area contributed by atoms with Crippen molar-refractivity contribution in [2.24, 2.45) is 5.41 Å². The number of carboxylic acid groups (broad SMARTS) is 1. The minimum atomic E-state index is -0.830. The van der Waals surface area contributed by atoms with Gasteiger partial charge in [-0.15, -0.1) is 0 Å². The summed E-state index contributed by atoms with van der Waals surface area (Å²) in [7, 11) is 0. The van der Waals surface area contributed by atoms with E-state index in [9.17, 15) is 9.59 Å². The maximum absolute atomic E-state index is 11.5. The van der Waals surface area contributed by atoms with Crippen molar-refractivity contribution >= 4 is 12.0 Å². The van der Waals surface area contributed by atoms with Gasteiger partial charge in [0.15, 0.2) is 0 Å². The van der Waals surface area contributed by atoms with E-state index in [0.717, 1.165) is 5.56 Å². The van der Waals surface area contributed by atoms with Crippen LogP contribution < -0.4 is 10.6 Å². The van der Waals surface area contributed by atoms with Gasteiger partial charge in [0.1, 0.15) is 0 Å². The third-order valence-corrected chi connectivity index (χ3v) is 3.32. The smallest absolute Gasteiger partial charge is 0.314 e. The number of rotatable bonds is 6. The van der Waals surface area contributed by atoms with Crippen LogP contribution in [0.3, 0.4) is 0 Å². The zero-order chi connectivity index (χ0) is 13.7. The highest BCUT2D eigenvalue weighted by Crippen LogP contribution is 2.45. The Morgan fingerprint density at radius 1 is 1.37 bits per heavy atom. The van der Waals surface area contributed by atoms with Crippen LogP contribution in [0.1, 0.15) is 18.4 Å². The number of pyridine rings is 1. The molecular formula is C13H17N3O3. The number of amides is 2. The molecule has 0 aliphatic heterocycles. The largest absolute Gasteiger partial charge is 0.481 e. The monoisotopic (exact) mass is 263 g/mol. The van der Waals surface area contributed by atoms with Gasteiger partial charge < -0.3 is 15.7 Å². The number of nitrogens with one attached hydrogen (secondary N) is 2. The Labute approximate surface area is 111 Å². The molecule has 2 amide bonds. The van der Waals surface area contributed by atoms with Crippen LogP contribution in [-0.4, -0.2) is 35.2 Å². The first-order valence-electron chi connectivity index (χ1n) is 6.26. The summed E-state index contributed by atoms with van der Waals surface area (Å²) in [5, 5.41) is 14.3. The first-order valence-corrected chi connectivity index (χ1v) is 6.26. The number of carbonyl (C=O) groups is 2. The summed E-state index contributed by atoms with van der Waals surface area (Å²) in [4.78, 5) is 26.4. The third kappa shape index (κ3) is 3.67. The number of carboxylic acids is 1. The molecule has 1 aliphatic carbocycles. The lowest BCUT2D eigenvalue weighted by Gasteiger charge is -2.11. The van der Waals surface area contributed by atoms with Crippen LogP contribution in [0.25, 0.3) is 0 Å². The maximum atomic E-state index is 11.5. The molecule has 1 aromatic heterocycles. The average Bonchev–Trinajstić information content (AvgIpc) is 3.19. The SMILES string of the molecule is O=C(NCCc1cccnc1)NCC1(C(=O)O)CC1. The van der Waals surface area contributed by atoms with E-state index >= 15 is 0 Å². The number of hydrogen-bond donors (Lipinski definition) is 3. The van der Waals surface area contributed by atoms with Crippen molar-refractivity contribution in [3.63, 3.8) is 0 Å². The molecule has 1 aliphatic rings. The molecule has 0 spiro atoms. The van der Waals surface area contributed by atoms with Crippen molar-refractivity contribution in [2.75, 3.05) is 13.1 Å². The Bertz CT molecular complexity index is 457. The maximum Gasteiger partial charge on any atom is 0.314 e. The fraction of sp³-hybridized carbons (Fsp3) is 0.462. The topological polar surface area (TPSA) is 91.3 Å². The summed E-state index contributed by atoms with van der Waals surface area (Å²) in [6.45, 7) is 0.693. The van der Waals surface area contributed by atoms with Gasteiger partial charge in [0.2, 0.25) is 0 Å². The standard InChI is InChI=1S/C13H17N3O3/c17-11(18)13(4-5-13)9-16-12(19)15-7-3-10-2-1-6-14-8-10/h1-2,6,8H,3-5,7,9H2,(H,17,18)(H2,15,16,19). The molecule has 1 aromatic rings. The molecule has 0 radical (unpaired) electrons. The Hall–Kier alpha value is -2.11. The quantitative estimate of drug-likeness (QED) is 0.707. The predicted molar refractivity (Wildman–Crippen MR) is 68.6 cm³/mol. The zero-order valence-electron chi connectivity index (χ0n) is 10.6. The highest BCUT2D eigenvalue weighted by Gasteiger charge is 2.50. The van der Waals surface area contributed by atoms with E-state index < -0.39 is 11.4 Å². The second-order valence-electron chi connectivity index (χ2n) is 4.81. The molecule has 19 heavy (non-hydrogen) atoms. The molecule has 1 fully saturated rings. The van der Waals surface area contributed by atoms with Crippen LogP contribution in [-0.2, 0) is 11.2 Å². The summed E-state index contributed by atoms with van der Waals surface area (Å²) < 4.78 is 0. The van der Waals surface area contributed by atoms with E-state index in [1.54, 1.807) is 12.4 Å². The number of urea groups is 1. The van der Waals surface area contributed by atoms with Crippen molar-refractivity contribution in [2.45, 2.75) is 19.3 Å². The number of aliphatic carboxylic acids is 1. The number of hydrogen-bond acceptors (Lipinski definition) is 3. The molecule has 1 heterocycles. The Morgan fingerprint density at radius 2 is 2.16 bits per heavy atom. The summed E-state index contributed by atoms with van der Waals surface area (Å²) in [6, 6.07) is 3.46. The van der Waals surface area contributed by atoms with E-state index in [1.165, 1.54) is 0 Å². The van der Waals surface area contributed by atoms with Gasteiger partial charge in [-0.2, -0.15) is 0 Å². The predicted octanol–water partition coefficient (Wildman–Crippen LogP) is 0.788. The van der Waals surface area contributed by atoms with Crippen LogP contribution in [0.4, 0.5) is 4.79 Å². The fourth-order valence-electron chi connectivity index (χ4n) is 1.80. The van der Waals surface area contributed by atoms with Crippen molar-refractivity contribution in [1.82, 2.24) is 15.6 Å². The molecular weight excluding hydrogens is 246 g/mol. The van der Waals surface area contributed by atoms with E-state index in [-0.39, 0.29) is 12.6 Å². The van der Waals surface area contributed by atoms with Crippen molar-refractivity contribution in [3.05, 3.63) is 30.1 Å². The van der Waals surface area contributed by atoms with Crippen LogP contribution >= 0.6 is 0 Å². The lowest BCUT2D eigenvalue weighted by Crippen LogP contribution is -2.41. The van der Waals surface area contributed by atoms with Gasteiger partial charge in [-0.25, -0.2) is 4.79 Å². The van der Waals surface area contributed by atoms with Gasteiger partial charge in [-0.3, -0.25) is 9.78 Å². The Morgan fingerprint density at radius 3 is 2.74 bits per heavy atom. The first-order chi connectivity index (χ1) is 9.12. The van der Waals surface area contributed by atoms with Crippen LogP contribution in [0.5, 0.6) is 0 Å². The number of carbonyl (C=O) groups excluding carboxylic acids is 1. The van der Waals surface area contributed by atoms with E-state index in [4.69, 9.17) is 5.11 Å². The normalized spacial score (nSPS) is 15.6. The molecule has 0 aromatic carbocycles. The lowest BCUT2D eigenvalue weighted by molar-refractivity contribution is -0.143. The van der Waals surface area contributed by atoms with Crippen molar-refractivity contribution in [1.29, 1.82) is 0 Å². The third-order valence-electron chi connectivity index (χ3n) is 3.32. The summed E-state index contributed by atoms with van der Waals surface area (Å²) >= 11 is 0. The van der Waals surface area contributed by atoms with Crippen molar-refractivity contribution in [3.8, 4) is 0 Å². The van der Waals surface area contributed by atoms with Gasteiger partial charge >= 0.3 is 12.0 Å². The van der Waals surface area contributed by atoms with Gasteiger partial charge in [-0.1, -0.05) is 6.07 Å². The molecule has 1 saturated carbocycles. The zero-order valence-corrected chi connectivity index (χ0v) is 10.6. The van der Waals surface area contributed by atoms with Gasteiger partial charge in [0.25, 0.3) is 0 Å². The van der Waals surface area contributed by atoms with E-state index in [2.05, 4.69) is 15.6 Å². The molecule has 0 atom stereocenters. The van der Waals surface area contributed by atoms with Gasteiger partial charge in [0.05, 0.1) is 5.41 Å². The molecule has 6 heteroatoms.